The molecule has 9 heteroatoms. The van der Waals surface area contributed by atoms with Gasteiger partial charge in [-0.25, -0.2) is 10.1 Å². The van der Waals surface area contributed by atoms with Gasteiger partial charge in [0.25, 0.3) is 0 Å². The number of alkyl halides is 3. The molecule has 1 aromatic carbocycles. The summed E-state index contributed by atoms with van der Waals surface area (Å²) in [5.41, 5.74) is 1.74. The van der Waals surface area contributed by atoms with Crippen LogP contribution in [0.5, 0.6) is 0 Å². The summed E-state index contributed by atoms with van der Waals surface area (Å²) in [5, 5.41) is 7.02. The van der Waals surface area contributed by atoms with Crippen LogP contribution in [0.25, 0.3) is 0 Å². The SMILES string of the molecule is Cc1cncc(CC[N+]2(c3ccc(C(F)(F)F)cc3)C(=O)NC23NC=CS3)c1. The van der Waals surface area contributed by atoms with E-state index >= 15 is 0 Å². The molecule has 1 spiro atoms. The molecule has 4 rings (SSSR count). The fourth-order valence-corrected chi connectivity index (χ4v) is 4.72. The Morgan fingerprint density at radius 2 is 1.96 bits per heavy atom. The topological polar surface area (TPSA) is 54.0 Å². The molecule has 1 fully saturated rings. The van der Waals surface area contributed by atoms with Crippen molar-refractivity contribution >= 4 is 23.5 Å². The van der Waals surface area contributed by atoms with Gasteiger partial charge in [-0.3, -0.25) is 4.98 Å². The molecule has 0 aliphatic carbocycles. The second-order valence-electron chi connectivity index (χ2n) is 6.84. The van der Waals surface area contributed by atoms with Crippen LogP contribution in [0.15, 0.2) is 54.3 Å². The van der Waals surface area contributed by atoms with Gasteiger partial charge >= 0.3 is 17.3 Å². The maximum atomic E-state index is 13.0. The summed E-state index contributed by atoms with van der Waals surface area (Å²) >= 11 is 1.40. The van der Waals surface area contributed by atoms with E-state index in [1.165, 1.54) is 23.9 Å². The van der Waals surface area contributed by atoms with Crippen molar-refractivity contribution in [1.82, 2.24) is 20.1 Å². The third-order valence-electron chi connectivity index (χ3n) is 5.05. The zero-order valence-electron chi connectivity index (χ0n) is 15.0. The summed E-state index contributed by atoms with van der Waals surface area (Å²) in [5.74, 6) is 0. The van der Waals surface area contributed by atoms with Crippen molar-refractivity contribution < 1.29 is 18.0 Å². The predicted octanol–water partition coefficient (Wildman–Crippen LogP) is 4.10. The number of amides is 2. The highest BCUT2D eigenvalue weighted by molar-refractivity contribution is 8.03. The van der Waals surface area contributed by atoms with Crippen molar-refractivity contribution in [3.63, 3.8) is 0 Å². The largest absolute Gasteiger partial charge is 0.433 e. The van der Waals surface area contributed by atoms with Crippen molar-refractivity contribution in [2.75, 3.05) is 6.54 Å². The number of quaternary nitrogens is 1. The van der Waals surface area contributed by atoms with E-state index in [1.807, 2.05) is 18.4 Å². The van der Waals surface area contributed by atoms with Crippen LogP contribution in [-0.4, -0.2) is 22.7 Å². The third-order valence-corrected chi connectivity index (χ3v) is 6.19. The van der Waals surface area contributed by atoms with E-state index in [0.29, 0.717) is 18.7 Å². The second kappa shape index (κ2) is 6.52. The molecule has 0 saturated carbocycles. The molecule has 1 saturated heterocycles. The Kier molecular flexibility index (Phi) is 4.39. The summed E-state index contributed by atoms with van der Waals surface area (Å²) in [6, 6.07) is 6.56. The van der Waals surface area contributed by atoms with Gasteiger partial charge in [0.2, 0.25) is 0 Å². The van der Waals surface area contributed by atoms with Crippen LogP contribution in [0, 0.1) is 6.92 Å². The van der Waals surface area contributed by atoms with Gasteiger partial charge in [-0.1, -0.05) is 6.07 Å². The van der Waals surface area contributed by atoms with Gasteiger partial charge in [0.1, 0.15) is 12.2 Å². The highest BCUT2D eigenvalue weighted by Crippen LogP contribution is 2.47. The number of thioether (sulfide) groups is 1. The van der Waals surface area contributed by atoms with Gasteiger partial charge in [-0.15, -0.1) is 0 Å². The molecule has 2 unspecified atom stereocenters. The monoisotopic (exact) mass is 407 g/mol. The molecule has 1 aromatic heterocycles. The maximum absolute atomic E-state index is 13.0. The number of carbonyl (C=O) groups excluding carboxylic acids is 1. The number of hydrogen-bond acceptors (Lipinski definition) is 4. The number of rotatable bonds is 4. The van der Waals surface area contributed by atoms with Crippen LogP contribution in [0.3, 0.4) is 0 Å². The van der Waals surface area contributed by atoms with Crippen molar-refractivity contribution in [2.45, 2.75) is 24.6 Å². The Morgan fingerprint density at radius 3 is 2.54 bits per heavy atom. The minimum Gasteiger partial charge on any atom is -0.311 e. The lowest BCUT2D eigenvalue weighted by molar-refractivity contribution is -0.137. The van der Waals surface area contributed by atoms with Gasteiger partial charge in [0, 0.05) is 37.1 Å². The van der Waals surface area contributed by atoms with Crippen LogP contribution in [0.2, 0.25) is 0 Å². The van der Waals surface area contributed by atoms with Crippen LogP contribution < -0.4 is 15.1 Å². The number of benzene rings is 1. The van der Waals surface area contributed by atoms with Crippen molar-refractivity contribution in [1.29, 1.82) is 0 Å². The van der Waals surface area contributed by atoms with E-state index in [0.717, 1.165) is 23.3 Å². The molecule has 2 aromatic rings. The number of hydrogen-bond donors (Lipinski definition) is 2. The first-order chi connectivity index (χ1) is 13.3. The molecule has 2 aliphatic rings. The molecular formula is C19H18F3N4OS+. The molecular weight excluding hydrogens is 389 g/mol. The Hall–Kier alpha value is -2.52. The number of nitrogens with one attached hydrogen (secondary N) is 2. The molecule has 2 aliphatic heterocycles. The standard InChI is InChI=1S/C19H17F3N4OS/c1-13-10-14(12-23-11-13)6-8-26(17(27)25-19(26)24-7-9-28-19)16-4-2-15(3-5-16)18(20,21)22/h2-5,7,9-12,24H,6,8H2,1H3/p+1. The van der Waals surface area contributed by atoms with Crippen molar-refractivity contribution in [3.05, 3.63) is 71.0 Å². The fraction of sp³-hybridized carbons (Fsp3) is 0.263. The van der Waals surface area contributed by atoms with Gasteiger partial charge < -0.3 is 5.32 Å². The average molecular weight is 407 g/mol. The number of halogens is 3. The van der Waals surface area contributed by atoms with E-state index in [9.17, 15) is 18.0 Å². The van der Waals surface area contributed by atoms with Crippen LogP contribution in [-0.2, 0) is 12.6 Å². The van der Waals surface area contributed by atoms with Gasteiger partial charge in [0.15, 0.2) is 0 Å². The van der Waals surface area contributed by atoms with E-state index in [-0.39, 0.29) is 10.5 Å². The smallest absolute Gasteiger partial charge is 0.311 e. The summed E-state index contributed by atoms with van der Waals surface area (Å²) in [6.07, 6.45) is 1.35. The summed E-state index contributed by atoms with van der Waals surface area (Å²) in [6.45, 7) is 2.32. The minimum atomic E-state index is -4.42. The van der Waals surface area contributed by atoms with E-state index in [1.54, 1.807) is 18.6 Å². The number of nitrogens with zero attached hydrogens (tertiary/aromatic N) is 2. The molecule has 0 bridgehead atoms. The highest BCUT2D eigenvalue weighted by Gasteiger charge is 2.70. The lowest BCUT2D eigenvalue weighted by Crippen LogP contribution is -2.90. The maximum Gasteiger partial charge on any atom is 0.433 e. The summed E-state index contributed by atoms with van der Waals surface area (Å²) in [4.78, 5) is 17.0. The first kappa shape index (κ1) is 18.8. The summed E-state index contributed by atoms with van der Waals surface area (Å²) in [7, 11) is 0. The normalized spacial score (nSPS) is 26.1. The molecule has 2 amide bonds. The number of aryl methyl sites for hydroxylation is 1. The third kappa shape index (κ3) is 2.85. The van der Waals surface area contributed by atoms with Gasteiger partial charge in [0.05, 0.1) is 5.56 Å². The molecule has 5 nitrogen and oxygen atoms in total. The van der Waals surface area contributed by atoms with Crippen LogP contribution in [0.4, 0.5) is 23.7 Å². The molecule has 2 N–H and O–H groups in total. The lowest BCUT2D eigenvalue weighted by atomic mass is 10.1. The zero-order chi connectivity index (χ0) is 20.0. The Bertz CT molecular complexity index is 937. The molecule has 146 valence electrons. The number of carbonyl (C=O) groups is 1. The second-order valence-corrected chi connectivity index (χ2v) is 7.94. The quantitative estimate of drug-likeness (QED) is 0.750. The summed E-state index contributed by atoms with van der Waals surface area (Å²) < 4.78 is 38.8. The van der Waals surface area contributed by atoms with Gasteiger partial charge in [-0.2, -0.15) is 17.7 Å². The zero-order valence-corrected chi connectivity index (χ0v) is 15.8. The van der Waals surface area contributed by atoms with Gasteiger partial charge in [-0.05, 0) is 47.4 Å². The first-order valence-corrected chi connectivity index (χ1v) is 9.55. The molecule has 3 heterocycles. The van der Waals surface area contributed by atoms with Crippen LogP contribution >= 0.6 is 11.8 Å². The Labute approximate surface area is 164 Å². The number of pyridine rings is 1. The fourth-order valence-electron chi connectivity index (χ4n) is 3.65. The predicted molar refractivity (Wildman–Crippen MR) is 102 cm³/mol. The highest BCUT2D eigenvalue weighted by atomic mass is 32.2. The van der Waals surface area contributed by atoms with Crippen molar-refractivity contribution in [3.8, 4) is 0 Å². The Balaban J connectivity index is 1.71. The molecule has 28 heavy (non-hydrogen) atoms. The number of urea groups is 1. The van der Waals surface area contributed by atoms with E-state index < -0.39 is 16.9 Å². The minimum absolute atomic E-state index is 0.142. The van der Waals surface area contributed by atoms with E-state index in [2.05, 4.69) is 15.6 Å². The molecule has 0 radical (unpaired) electrons. The van der Waals surface area contributed by atoms with E-state index in [4.69, 9.17) is 0 Å². The van der Waals surface area contributed by atoms with Crippen LogP contribution in [0.1, 0.15) is 16.7 Å². The van der Waals surface area contributed by atoms with Crippen molar-refractivity contribution in [2.24, 2.45) is 0 Å². The average Bonchev–Trinajstić information content (AvgIpc) is 3.13. The molecule has 2 atom stereocenters. The first-order valence-electron chi connectivity index (χ1n) is 8.67. The Morgan fingerprint density at radius 1 is 1.21 bits per heavy atom. The lowest BCUT2D eigenvalue weighted by Gasteiger charge is -2.54. The number of aromatic nitrogens is 1.